The van der Waals surface area contributed by atoms with Gasteiger partial charge < -0.3 is 19.9 Å². The van der Waals surface area contributed by atoms with Crippen LogP contribution in [0.15, 0.2) is 30.5 Å². The first kappa shape index (κ1) is 21.2. The highest BCUT2D eigenvalue weighted by Crippen LogP contribution is 2.33. The molecule has 0 amide bonds. The molecule has 3 heterocycles. The van der Waals surface area contributed by atoms with E-state index < -0.39 is 0 Å². The number of imidazole rings is 1. The number of rotatable bonds is 6. The van der Waals surface area contributed by atoms with Crippen LogP contribution in [0.4, 0.5) is 10.3 Å². The molecule has 1 fully saturated rings. The fourth-order valence-corrected chi connectivity index (χ4v) is 4.19. The molecule has 162 valence electrons. The number of aromatic nitrogens is 3. The Morgan fingerprint density at radius 2 is 2.10 bits per heavy atom. The zero-order chi connectivity index (χ0) is 22.0. The van der Waals surface area contributed by atoms with Gasteiger partial charge >= 0.3 is 0 Å². The number of pyridine rings is 1. The Labute approximate surface area is 181 Å². The van der Waals surface area contributed by atoms with Crippen LogP contribution in [-0.2, 0) is 4.74 Å². The van der Waals surface area contributed by atoms with Gasteiger partial charge in [-0.05, 0) is 56.5 Å². The van der Waals surface area contributed by atoms with E-state index in [9.17, 15) is 4.39 Å². The molecule has 2 aromatic heterocycles. The number of halogens is 1. The molecular formula is C23H27FN6O. The summed E-state index contributed by atoms with van der Waals surface area (Å²) in [6.45, 7) is 6.53. The zero-order valence-corrected chi connectivity index (χ0v) is 17.9. The highest BCUT2D eigenvalue weighted by molar-refractivity contribution is 5.81. The number of benzene rings is 1. The van der Waals surface area contributed by atoms with Gasteiger partial charge in [0.2, 0.25) is 5.95 Å². The second kappa shape index (κ2) is 9.00. The Morgan fingerprint density at radius 3 is 2.74 bits per heavy atom. The van der Waals surface area contributed by atoms with Crippen molar-refractivity contribution in [1.82, 2.24) is 14.5 Å². The van der Waals surface area contributed by atoms with Gasteiger partial charge in [-0.15, -0.1) is 0 Å². The molecule has 0 bridgehead atoms. The van der Waals surface area contributed by atoms with Gasteiger partial charge in [-0.2, -0.15) is 5.26 Å². The standard InChI is InChI=1S/C23H27FN6O/c1-15-11-19(24)22-21(12-15)30(16(2)20-4-3-17(13-26)14-27-20)23(28-22)29-8-5-18(6-9-29)31-10-7-25/h3-4,11-12,14,16,18H,5-10,25H2,1-2H3. The predicted molar refractivity (Wildman–Crippen MR) is 117 cm³/mol. The van der Waals surface area contributed by atoms with Crippen LogP contribution in [0.2, 0.25) is 0 Å². The Morgan fingerprint density at radius 1 is 1.32 bits per heavy atom. The number of anilines is 1. The van der Waals surface area contributed by atoms with E-state index in [1.165, 1.54) is 6.07 Å². The molecule has 1 unspecified atom stereocenters. The van der Waals surface area contributed by atoms with Crippen LogP contribution in [0.25, 0.3) is 11.0 Å². The highest BCUT2D eigenvalue weighted by Gasteiger charge is 2.27. The van der Waals surface area contributed by atoms with Gasteiger partial charge in [-0.3, -0.25) is 4.98 Å². The first-order valence-electron chi connectivity index (χ1n) is 10.6. The minimum atomic E-state index is -0.323. The summed E-state index contributed by atoms with van der Waals surface area (Å²) in [7, 11) is 0. The molecule has 4 rings (SSSR count). The lowest BCUT2D eigenvalue weighted by molar-refractivity contribution is 0.0419. The second-order valence-electron chi connectivity index (χ2n) is 8.00. The lowest BCUT2D eigenvalue weighted by Crippen LogP contribution is -2.39. The molecule has 1 saturated heterocycles. The van der Waals surface area contributed by atoms with E-state index in [0.717, 1.165) is 48.7 Å². The third-order valence-electron chi connectivity index (χ3n) is 5.80. The number of hydrogen-bond acceptors (Lipinski definition) is 6. The van der Waals surface area contributed by atoms with E-state index in [2.05, 4.69) is 20.5 Å². The van der Waals surface area contributed by atoms with E-state index in [0.29, 0.717) is 24.2 Å². The van der Waals surface area contributed by atoms with Gasteiger partial charge in [-0.25, -0.2) is 9.37 Å². The summed E-state index contributed by atoms with van der Waals surface area (Å²) in [5, 5.41) is 9.07. The van der Waals surface area contributed by atoms with Crippen molar-refractivity contribution in [3.8, 4) is 6.07 Å². The Bertz CT molecular complexity index is 1100. The summed E-state index contributed by atoms with van der Waals surface area (Å²) in [5.74, 6) is 0.409. The van der Waals surface area contributed by atoms with Crippen molar-refractivity contribution in [2.45, 2.75) is 38.8 Å². The SMILES string of the molecule is Cc1cc(F)c2nc(N3CCC(OCCN)CC3)n(C(C)c3ccc(C#N)cn3)c2c1. The third kappa shape index (κ3) is 4.24. The minimum Gasteiger partial charge on any atom is -0.377 e. The molecule has 31 heavy (non-hydrogen) atoms. The van der Waals surface area contributed by atoms with Crippen LogP contribution < -0.4 is 10.6 Å². The van der Waals surface area contributed by atoms with Crippen LogP contribution in [0.1, 0.15) is 42.6 Å². The van der Waals surface area contributed by atoms with Crippen LogP contribution >= 0.6 is 0 Å². The molecule has 0 spiro atoms. The van der Waals surface area contributed by atoms with E-state index in [1.54, 1.807) is 12.3 Å². The van der Waals surface area contributed by atoms with E-state index in [-0.39, 0.29) is 18.0 Å². The Balaban J connectivity index is 1.73. The summed E-state index contributed by atoms with van der Waals surface area (Å²) < 4.78 is 22.7. The molecule has 1 aliphatic heterocycles. The normalized spacial score (nSPS) is 15.9. The molecule has 8 heteroatoms. The second-order valence-corrected chi connectivity index (χ2v) is 8.00. The molecule has 0 saturated carbocycles. The fourth-order valence-electron chi connectivity index (χ4n) is 4.19. The lowest BCUT2D eigenvalue weighted by atomic mass is 10.1. The van der Waals surface area contributed by atoms with Crippen LogP contribution in [0.3, 0.4) is 0 Å². The highest BCUT2D eigenvalue weighted by atomic mass is 19.1. The minimum absolute atomic E-state index is 0.180. The van der Waals surface area contributed by atoms with Gasteiger partial charge in [0.05, 0.1) is 35.5 Å². The number of hydrogen-bond donors (Lipinski definition) is 1. The van der Waals surface area contributed by atoms with E-state index in [4.69, 9.17) is 20.7 Å². The number of aryl methyl sites for hydroxylation is 1. The molecule has 1 atom stereocenters. The predicted octanol–water partition coefficient (Wildman–Crippen LogP) is 3.30. The maximum Gasteiger partial charge on any atom is 0.207 e. The molecule has 0 aliphatic carbocycles. The fraction of sp³-hybridized carbons (Fsp3) is 0.435. The maximum atomic E-state index is 14.8. The van der Waals surface area contributed by atoms with Crippen LogP contribution in [-0.4, -0.2) is 46.9 Å². The quantitative estimate of drug-likeness (QED) is 0.655. The Hall–Kier alpha value is -3.02. The molecule has 1 aliphatic rings. The first-order chi connectivity index (χ1) is 15.0. The van der Waals surface area contributed by atoms with Gasteiger partial charge in [0.25, 0.3) is 0 Å². The summed E-state index contributed by atoms with van der Waals surface area (Å²) in [5.41, 5.74) is 8.80. The number of piperidine rings is 1. The number of ether oxygens (including phenoxy) is 1. The maximum absolute atomic E-state index is 14.8. The number of nitrogens with zero attached hydrogens (tertiary/aromatic N) is 5. The van der Waals surface area contributed by atoms with Crippen molar-refractivity contribution in [3.05, 3.63) is 53.1 Å². The van der Waals surface area contributed by atoms with E-state index in [1.807, 2.05) is 26.0 Å². The number of fused-ring (bicyclic) bond motifs is 1. The molecule has 2 N–H and O–H groups in total. The van der Waals surface area contributed by atoms with Gasteiger partial charge in [0.15, 0.2) is 5.82 Å². The topological polar surface area (TPSA) is 93.0 Å². The van der Waals surface area contributed by atoms with Crippen molar-refractivity contribution >= 4 is 17.0 Å². The average Bonchev–Trinajstić information content (AvgIpc) is 3.17. The summed E-state index contributed by atoms with van der Waals surface area (Å²) in [6.07, 6.45) is 3.49. The molecule has 3 aromatic rings. The van der Waals surface area contributed by atoms with Gasteiger partial charge in [0.1, 0.15) is 11.6 Å². The molecular weight excluding hydrogens is 395 g/mol. The third-order valence-corrected chi connectivity index (χ3v) is 5.80. The van der Waals surface area contributed by atoms with Gasteiger partial charge in [-0.1, -0.05) is 0 Å². The van der Waals surface area contributed by atoms with Crippen LogP contribution in [0, 0.1) is 24.1 Å². The van der Waals surface area contributed by atoms with Crippen molar-refractivity contribution in [1.29, 1.82) is 5.26 Å². The van der Waals surface area contributed by atoms with Crippen LogP contribution in [0.5, 0.6) is 0 Å². The summed E-state index contributed by atoms with van der Waals surface area (Å²) in [4.78, 5) is 11.4. The van der Waals surface area contributed by atoms with Crippen molar-refractivity contribution in [3.63, 3.8) is 0 Å². The van der Waals surface area contributed by atoms with E-state index >= 15 is 0 Å². The van der Waals surface area contributed by atoms with Gasteiger partial charge in [0, 0.05) is 25.8 Å². The largest absolute Gasteiger partial charge is 0.377 e. The van der Waals surface area contributed by atoms with Crippen molar-refractivity contribution in [2.24, 2.45) is 5.73 Å². The van der Waals surface area contributed by atoms with Crippen molar-refractivity contribution < 1.29 is 9.13 Å². The number of nitrogens with two attached hydrogens (primary N) is 1. The lowest BCUT2D eigenvalue weighted by Gasteiger charge is -2.33. The monoisotopic (exact) mass is 422 g/mol. The first-order valence-corrected chi connectivity index (χ1v) is 10.6. The smallest absolute Gasteiger partial charge is 0.207 e. The van der Waals surface area contributed by atoms with Crippen molar-refractivity contribution in [2.75, 3.05) is 31.1 Å². The summed E-state index contributed by atoms with van der Waals surface area (Å²) >= 11 is 0. The zero-order valence-electron chi connectivity index (χ0n) is 17.9. The molecule has 0 radical (unpaired) electrons. The summed E-state index contributed by atoms with van der Waals surface area (Å²) in [6, 6.07) is 8.99. The number of nitriles is 1. The average molecular weight is 423 g/mol. The Kier molecular flexibility index (Phi) is 6.16. The molecule has 1 aromatic carbocycles. The molecule has 7 nitrogen and oxygen atoms in total.